The van der Waals surface area contributed by atoms with E-state index in [1.54, 1.807) is 6.07 Å². The van der Waals surface area contributed by atoms with Gasteiger partial charge in [0.15, 0.2) is 0 Å². The Morgan fingerprint density at radius 3 is 2.81 bits per heavy atom. The van der Waals surface area contributed by atoms with E-state index >= 15 is 0 Å². The molecule has 0 saturated heterocycles. The van der Waals surface area contributed by atoms with E-state index in [4.69, 9.17) is 9.59 Å². The zero-order valence-corrected chi connectivity index (χ0v) is 11.9. The number of hydroxylamine groups is 1. The maximum absolute atomic E-state index is 11.4. The van der Waals surface area contributed by atoms with Gasteiger partial charge in [0.05, 0.1) is 23.2 Å². The normalized spacial score (nSPS) is 13.4. The van der Waals surface area contributed by atoms with Crippen molar-refractivity contribution < 1.29 is 38.3 Å². The number of rotatable bonds is 9. The highest BCUT2D eigenvalue weighted by Gasteiger charge is 2.29. The molecule has 9 nitrogen and oxygen atoms in total. The third kappa shape index (κ3) is 4.66. The average Bonchev–Trinajstić information content (AvgIpc) is 2.76. The molecule has 0 saturated carbocycles. The van der Waals surface area contributed by atoms with Gasteiger partial charge < -0.3 is 4.74 Å². The summed E-state index contributed by atoms with van der Waals surface area (Å²) in [4.78, 5) is 27.8. The second-order valence-electron chi connectivity index (χ2n) is 3.48. The zero-order chi connectivity index (χ0) is 15.1. The Morgan fingerprint density at radius 1 is 1.19 bits per heavy atom. The highest BCUT2D eigenvalue weighted by molar-refractivity contribution is 7.94. The summed E-state index contributed by atoms with van der Waals surface area (Å²) in [6.07, 6.45) is 0. The number of hydrogen-bond acceptors (Lipinski definition) is 11. The van der Waals surface area contributed by atoms with Crippen molar-refractivity contribution in [2.75, 3.05) is 12.3 Å². The van der Waals surface area contributed by atoms with Crippen LogP contribution < -0.4 is 5.48 Å². The molecule has 0 radical (unpaired) electrons. The molecule has 0 fully saturated rings. The number of fused-ring (bicyclic) bond motifs is 1. The van der Waals surface area contributed by atoms with Crippen molar-refractivity contribution in [3.8, 4) is 0 Å². The van der Waals surface area contributed by atoms with Crippen LogP contribution in [0.2, 0.25) is 0 Å². The lowest BCUT2D eigenvalue weighted by molar-refractivity contribution is -0.432. The molecule has 1 aromatic rings. The van der Waals surface area contributed by atoms with Crippen LogP contribution in [0, 0.1) is 0 Å². The van der Waals surface area contributed by atoms with Gasteiger partial charge >= 0.3 is 11.9 Å². The van der Waals surface area contributed by atoms with Crippen LogP contribution in [-0.4, -0.2) is 29.5 Å². The molecule has 2 rings (SSSR count). The Balaban J connectivity index is 1.69. The molecule has 1 aromatic carbocycles. The summed E-state index contributed by atoms with van der Waals surface area (Å²) >= 11 is 1.71. The second-order valence-corrected chi connectivity index (χ2v) is 5.03. The minimum Gasteiger partial charge on any atom is -0.386 e. The molecule has 0 amide bonds. The van der Waals surface area contributed by atoms with E-state index in [1.165, 1.54) is 12.1 Å². The molecule has 0 bridgehead atoms. The van der Waals surface area contributed by atoms with Gasteiger partial charge in [-0.15, -0.1) is 13.7 Å². The molecular formula is C10H9NO8S2. The van der Waals surface area contributed by atoms with Gasteiger partial charge in [0, 0.05) is 29.2 Å². The first-order chi connectivity index (χ1) is 10.2. The highest BCUT2D eigenvalue weighted by atomic mass is 32.2. The van der Waals surface area contributed by atoms with Gasteiger partial charge in [0.1, 0.15) is 0 Å². The van der Waals surface area contributed by atoms with Crippen molar-refractivity contribution in [3.63, 3.8) is 0 Å². The molecule has 11 heteroatoms. The maximum Gasteiger partial charge on any atom is 0.346 e. The largest absolute Gasteiger partial charge is 0.386 e. The van der Waals surface area contributed by atoms with Crippen LogP contribution in [-0.2, 0) is 23.4 Å². The van der Waals surface area contributed by atoms with Crippen molar-refractivity contribution in [1.29, 1.82) is 0 Å². The van der Waals surface area contributed by atoms with E-state index < -0.39 is 11.9 Å². The van der Waals surface area contributed by atoms with Crippen LogP contribution in [0.1, 0.15) is 20.7 Å². The van der Waals surface area contributed by atoms with Crippen LogP contribution in [0.25, 0.3) is 0 Å². The number of carbonyl (C=O) groups is 2. The molecule has 1 aliphatic rings. The molecule has 0 unspecified atom stereocenters. The molecule has 0 spiro atoms. The number of hydrogen-bond donors (Lipinski definition) is 2. The van der Waals surface area contributed by atoms with Crippen molar-refractivity contribution in [1.82, 2.24) is 5.48 Å². The molecular weight excluding hydrogens is 326 g/mol. The Bertz CT molecular complexity index is 526. The van der Waals surface area contributed by atoms with Crippen molar-refractivity contribution in [2.24, 2.45) is 0 Å². The van der Waals surface area contributed by atoms with E-state index in [2.05, 4.69) is 24.6 Å². The third-order valence-corrected chi connectivity index (χ3v) is 3.32. The predicted octanol–water partition coefficient (Wildman–Crippen LogP) is 1.53. The summed E-state index contributed by atoms with van der Waals surface area (Å²) in [7, 11) is 0. The number of esters is 2. The molecule has 114 valence electrons. The van der Waals surface area contributed by atoms with Crippen LogP contribution in [0.3, 0.4) is 0 Å². The fourth-order valence-electron chi connectivity index (χ4n) is 1.38. The van der Waals surface area contributed by atoms with Crippen LogP contribution in [0.15, 0.2) is 23.1 Å². The SMILES string of the molecule is O=C1OC(=O)c2cc(SOONCCSOOO)ccc21. The smallest absolute Gasteiger partial charge is 0.346 e. The lowest BCUT2D eigenvalue weighted by atomic mass is 10.1. The standard InChI is InChI=1S/C10H9NO8S2/c12-9-7-2-1-6(5-8(7)10(13)15-9)21-18-16-11-3-4-20-19-17-14/h1-2,5,11,14H,3-4H2. The number of nitrogens with one attached hydrogen (secondary N) is 1. The van der Waals surface area contributed by atoms with Crippen LogP contribution in [0.4, 0.5) is 0 Å². The van der Waals surface area contributed by atoms with E-state index in [1.807, 2.05) is 0 Å². The van der Waals surface area contributed by atoms with Crippen molar-refractivity contribution in [2.45, 2.75) is 4.90 Å². The number of cyclic esters (lactones) is 2. The predicted molar refractivity (Wildman–Crippen MR) is 69.5 cm³/mol. The Morgan fingerprint density at radius 2 is 2.00 bits per heavy atom. The Kier molecular flexibility index (Phi) is 6.41. The summed E-state index contributed by atoms with van der Waals surface area (Å²) in [5, 5.41) is 11.2. The highest BCUT2D eigenvalue weighted by Crippen LogP contribution is 2.26. The lowest BCUT2D eigenvalue weighted by Gasteiger charge is -2.03. The minimum atomic E-state index is -0.681. The average molecular weight is 335 g/mol. The van der Waals surface area contributed by atoms with Gasteiger partial charge in [-0.05, 0) is 18.2 Å². The molecule has 0 aromatic heterocycles. The Hall–Kier alpha value is -1.18. The minimum absolute atomic E-state index is 0.194. The van der Waals surface area contributed by atoms with E-state index in [0.29, 0.717) is 17.2 Å². The first kappa shape index (κ1) is 16.2. The molecule has 21 heavy (non-hydrogen) atoms. The third-order valence-electron chi connectivity index (χ3n) is 2.21. The van der Waals surface area contributed by atoms with Crippen LogP contribution >= 0.6 is 24.1 Å². The van der Waals surface area contributed by atoms with Gasteiger partial charge in [-0.25, -0.2) is 14.8 Å². The Labute approximate surface area is 127 Å². The second kappa shape index (κ2) is 8.31. The monoisotopic (exact) mass is 335 g/mol. The zero-order valence-electron chi connectivity index (χ0n) is 10.3. The van der Waals surface area contributed by atoms with Gasteiger partial charge in [0.25, 0.3) is 0 Å². The number of ether oxygens (including phenoxy) is 1. The van der Waals surface area contributed by atoms with Gasteiger partial charge in [0.2, 0.25) is 0 Å². The maximum atomic E-state index is 11.4. The summed E-state index contributed by atoms with van der Waals surface area (Å²) in [6, 6.07) is 4.54. The van der Waals surface area contributed by atoms with E-state index in [0.717, 1.165) is 24.1 Å². The van der Waals surface area contributed by atoms with Crippen molar-refractivity contribution in [3.05, 3.63) is 29.3 Å². The fraction of sp³-hybridized carbons (Fsp3) is 0.200. The topological polar surface area (TPSA) is 113 Å². The molecule has 1 aliphatic heterocycles. The molecule has 2 N–H and O–H groups in total. The fourth-order valence-corrected chi connectivity index (χ4v) is 2.11. The van der Waals surface area contributed by atoms with Gasteiger partial charge in [-0.3, -0.25) is 0 Å². The first-order valence-corrected chi connectivity index (χ1v) is 7.11. The number of benzene rings is 1. The summed E-state index contributed by atoms with van der Waals surface area (Å²) in [5.41, 5.74) is 2.88. The number of carbonyl (C=O) groups excluding carboxylic acids is 2. The molecule has 1 heterocycles. The summed E-state index contributed by atoms with van der Waals surface area (Å²) in [5.74, 6) is -0.905. The van der Waals surface area contributed by atoms with E-state index in [-0.39, 0.29) is 11.1 Å². The van der Waals surface area contributed by atoms with E-state index in [9.17, 15) is 9.59 Å². The summed E-state index contributed by atoms with van der Waals surface area (Å²) in [6.45, 7) is 0.361. The van der Waals surface area contributed by atoms with Crippen molar-refractivity contribution >= 4 is 36.0 Å². The first-order valence-electron chi connectivity index (χ1n) is 5.45. The quantitative estimate of drug-likeness (QED) is 0.171. The molecule has 0 atom stereocenters. The van der Waals surface area contributed by atoms with Crippen LogP contribution in [0.5, 0.6) is 0 Å². The molecule has 0 aliphatic carbocycles. The lowest BCUT2D eigenvalue weighted by Crippen LogP contribution is -2.16. The van der Waals surface area contributed by atoms with Gasteiger partial charge in [-0.1, -0.05) is 5.04 Å². The summed E-state index contributed by atoms with van der Waals surface area (Å²) < 4.78 is 13.4. The van der Waals surface area contributed by atoms with Gasteiger partial charge in [-0.2, -0.15) is 5.48 Å².